The zero-order chi connectivity index (χ0) is 21.8. The number of benzene rings is 1. The molecule has 0 spiro atoms. The molecule has 30 heavy (non-hydrogen) atoms. The fraction of sp³-hybridized carbons (Fsp3) is 0.500. The summed E-state index contributed by atoms with van der Waals surface area (Å²) in [4.78, 5) is 29.2. The third-order valence-corrected chi connectivity index (χ3v) is 5.05. The van der Waals surface area contributed by atoms with E-state index >= 15 is 0 Å². The molecule has 6 heteroatoms. The number of carbonyl (C=O) groups excluding carboxylic acids is 2. The van der Waals surface area contributed by atoms with Crippen molar-refractivity contribution in [2.45, 2.75) is 46.3 Å². The number of ether oxygens (including phenoxy) is 1. The SMILES string of the molecule is CCCCN(Cc1cccn1C)C(=O)CN(CCC)C(=O)COCc1ccccc1. The van der Waals surface area contributed by atoms with E-state index in [1.54, 1.807) is 4.90 Å². The van der Waals surface area contributed by atoms with Crippen molar-refractivity contribution in [3.8, 4) is 0 Å². The highest BCUT2D eigenvalue weighted by atomic mass is 16.5. The monoisotopic (exact) mass is 413 g/mol. The lowest BCUT2D eigenvalue weighted by molar-refractivity contribution is -0.144. The number of amides is 2. The smallest absolute Gasteiger partial charge is 0.249 e. The van der Waals surface area contributed by atoms with Crippen molar-refractivity contribution in [1.82, 2.24) is 14.4 Å². The third-order valence-electron chi connectivity index (χ3n) is 5.05. The van der Waals surface area contributed by atoms with Crippen LogP contribution in [0, 0.1) is 0 Å². The fourth-order valence-corrected chi connectivity index (χ4v) is 3.24. The molecule has 0 radical (unpaired) electrons. The number of hydrogen-bond acceptors (Lipinski definition) is 3. The van der Waals surface area contributed by atoms with Gasteiger partial charge >= 0.3 is 0 Å². The number of hydrogen-bond donors (Lipinski definition) is 0. The highest BCUT2D eigenvalue weighted by molar-refractivity contribution is 5.85. The van der Waals surface area contributed by atoms with E-state index in [4.69, 9.17) is 4.74 Å². The van der Waals surface area contributed by atoms with Gasteiger partial charge in [0.15, 0.2) is 0 Å². The highest BCUT2D eigenvalue weighted by Gasteiger charge is 2.21. The summed E-state index contributed by atoms with van der Waals surface area (Å²) in [6, 6.07) is 13.8. The van der Waals surface area contributed by atoms with Crippen molar-refractivity contribution in [3.05, 3.63) is 59.9 Å². The molecular weight excluding hydrogens is 378 g/mol. The van der Waals surface area contributed by atoms with E-state index in [9.17, 15) is 9.59 Å². The van der Waals surface area contributed by atoms with Gasteiger partial charge < -0.3 is 19.1 Å². The van der Waals surface area contributed by atoms with Gasteiger partial charge in [0.2, 0.25) is 11.8 Å². The van der Waals surface area contributed by atoms with Gasteiger partial charge in [0.1, 0.15) is 6.61 Å². The predicted molar refractivity (Wildman–Crippen MR) is 119 cm³/mol. The zero-order valence-electron chi connectivity index (χ0n) is 18.5. The minimum Gasteiger partial charge on any atom is -0.367 e. The van der Waals surface area contributed by atoms with Gasteiger partial charge in [-0.05, 0) is 30.5 Å². The van der Waals surface area contributed by atoms with Crippen molar-refractivity contribution in [2.75, 3.05) is 26.2 Å². The van der Waals surface area contributed by atoms with E-state index in [1.165, 1.54) is 0 Å². The summed E-state index contributed by atoms with van der Waals surface area (Å²) in [6.45, 7) is 6.38. The Kier molecular flexibility index (Phi) is 10.1. The maximum atomic E-state index is 13.1. The van der Waals surface area contributed by atoms with Crippen LogP contribution < -0.4 is 0 Å². The maximum absolute atomic E-state index is 13.1. The lowest BCUT2D eigenvalue weighted by Crippen LogP contribution is -2.44. The van der Waals surface area contributed by atoms with Crippen molar-refractivity contribution < 1.29 is 14.3 Å². The van der Waals surface area contributed by atoms with E-state index in [0.29, 0.717) is 26.2 Å². The summed E-state index contributed by atoms with van der Waals surface area (Å²) in [6.07, 6.45) is 4.74. The Bertz CT molecular complexity index is 773. The first-order valence-electron chi connectivity index (χ1n) is 10.8. The van der Waals surface area contributed by atoms with Gasteiger partial charge in [-0.3, -0.25) is 9.59 Å². The molecule has 2 aromatic rings. The van der Waals surface area contributed by atoms with E-state index in [0.717, 1.165) is 30.5 Å². The van der Waals surface area contributed by atoms with Crippen LogP contribution in [0.15, 0.2) is 48.7 Å². The van der Waals surface area contributed by atoms with Crippen molar-refractivity contribution in [2.24, 2.45) is 7.05 Å². The van der Waals surface area contributed by atoms with Crippen LogP contribution in [-0.4, -0.2) is 52.4 Å². The lowest BCUT2D eigenvalue weighted by Gasteiger charge is -2.28. The van der Waals surface area contributed by atoms with E-state index in [2.05, 4.69) is 6.92 Å². The molecule has 0 aliphatic rings. The summed E-state index contributed by atoms with van der Waals surface area (Å²) in [5, 5.41) is 0. The molecule has 1 aromatic carbocycles. The number of carbonyl (C=O) groups is 2. The van der Waals surface area contributed by atoms with Gasteiger partial charge in [-0.25, -0.2) is 0 Å². The second-order valence-electron chi connectivity index (χ2n) is 7.57. The van der Waals surface area contributed by atoms with Crippen LogP contribution in [0.3, 0.4) is 0 Å². The van der Waals surface area contributed by atoms with Gasteiger partial charge in [0.25, 0.3) is 0 Å². The summed E-state index contributed by atoms with van der Waals surface area (Å²) in [5.74, 6) is -0.162. The quantitative estimate of drug-likeness (QED) is 0.504. The Hall–Kier alpha value is -2.60. The summed E-state index contributed by atoms with van der Waals surface area (Å²) < 4.78 is 7.62. The first-order chi connectivity index (χ1) is 14.5. The average Bonchev–Trinajstić information content (AvgIpc) is 3.15. The second kappa shape index (κ2) is 12.9. The third kappa shape index (κ3) is 7.67. The maximum Gasteiger partial charge on any atom is 0.249 e. The molecule has 0 saturated heterocycles. The molecular formula is C24H35N3O3. The summed E-state index contributed by atoms with van der Waals surface area (Å²) in [5.41, 5.74) is 2.11. The molecule has 0 unspecified atom stereocenters. The first kappa shape index (κ1) is 23.7. The molecule has 2 rings (SSSR count). The normalized spacial score (nSPS) is 10.8. The fourth-order valence-electron chi connectivity index (χ4n) is 3.24. The molecule has 1 heterocycles. The molecule has 0 bridgehead atoms. The van der Waals surface area contributed by atoms with E-state index in [-0.39, 0.29) is 25.0 Å². The number of unbranched alkanes of at least 4 members (excludes halogenated alkanes) is 1. The molecule has 164 valence electrons. The summed E-state index contributed by atoms with van der Waals surface area (Å²) >= 11 is 0. The minimum absolute atomic E-state index is 0.0189. The highest BCUT2D eigenvalue weighted by Crippen LogP contribution is 2.09. The van der Waals surface area contributed by atoms with Crippen LogP contribution in [-0.2, 0) is 34.5 Å². The molecule has 0 atom stereocenters. The number of aryl methyl sites for hydroxylation is 1. The van der Waals surface area contributed by atoms with E-state index in [1.807, 2.05) is 72.1 Å². The van der Waals surface area contributed by atoms with Gasteiger partial charge in [-0.2, -0.15) is 0 Å². The Morgan fingerprint density at radius 3 is 2.33 bits per heavy atom. The number of nitrogens with zero attached hydrogens (tertiary/aromatic N) is 3. The number of rotatable bonds is 13. The molecule has 0 aliphatic carbocycles. The molecule has 0 N–H and O–H groups in total. The second-order valence-corrected chi connectivity index (χ2v) is 7.57. The lowest BCUT2D eigenvalue weighted by atomic mass is 10.2. The van der Waals surface area contributed by atoms with Crippen molar-refractivity contribution >= 4 is 11.8 Å². The van der Waals surface area contributed by atoms with Crippen LogP contribution in [0.2, 0.25) is 0 Å². The van der Waals surface area contributed by atoms with Gasteiger partial charge in [0, 0.05) is 32.0 Å². The largest absolute Gasteiger partial charge is 0.367 e. The average molecular weight is 414 g/mol. The molecule has 0 saturated carbocycles. The minimum atomic E-state index is -0.143. The standard InChI is InChI=1S/C24H35N3O3/c1-4-6-16-27(17-22-13-10-15-25(22)3)23(28)18-26(14-5-2)24(29)20-30-19-21-11-8-7-9-12-21/h7-13,15H,4-6,14,16-20H2,1-3H3. The van der Waals surface area contributed by atoms with Crippen LogP contribution >= 0.6 is 0 Å². The topological polar surface area (TPSA) is 54.8 Å². The predicted octanol–water partition coefficient (Wildman–Crippen LogP) is 3.61. The molecule has 6 nitrogen and oxygen atoms in total. The Balaban J connectivity index is 1.94. The molecule has 1 aromatic heterocycles. The van der Waals surface area contributed by atoms with Crippen molar-refractivity contribution in [1.29, 1.82) is 0 Å². The van der Waals surface area contributed by atoms with Crippen LogP contribution in [0.5, 0.6) is 0 Å². The molecule has 0 fully saturated rings. The zero-order valence-corrected chi connectivity index (χ0v) is 18.5. The Morgan fingerprint density at radius 1 is 0.933 bits per heavy atom. The molecule has 2 amide bonds. The molecule has 0 aliphatic heterocycles. The Labute approximate surface area is 180 Å². The number of aromatic nitrogens is 1. The first-order valence-corrected chi connectivity index (χ1v) is 10.8. The Morgan fingerprint density at radius 2 is 1.70 bits per heavy atom. The van der Waals surface area contributed by atoms with Gasteiger partial charge in [0.05, 0.1) is 19.7 Å². The van der Waals surface area contributed by atoms with Crippen LogP contribution in [0.4, 0.5) is 0 Å². The van der Waals surface area contributed by atoms with Gasteiger partial charge in [-0.1, -0.05) is 50.6 Å². The van der Waals surface area contributed by atoms with Crippen LogP contribution in [0.25, 0.3) is 0 Å². The van der Waals surface area contributed by atoms with Gasteiger partial charge in [-0.15, -0.1) is 0 Å². The summed E-state index contributed by atoms with van der Waals surface area (Å²) in [7, 11) is 1.98. The van der Waals surface area contributed by atoms with Crippen LogP contribution in [0.1, 0.15) is 44.4 Å². The van der Waals surface area contributed by atoms with E-state index < -0.39 is 0 Å². The van der Waals surface area contributed by atoms with Crippen molar-refractivity contribution in [3.63, 3.8) is 0 Å².